The zero-order valence-electron chi connectivity index (χ0n) is 9.03. The molecule has 2 aliphatic rings. The Morgan fingerprint density at radius 1 is 1.31 bits per heavy atom. The van der Waals surface area contributed by atoms with Crippen molar-refractivity contribution in [2.75, 3.05) is 0 Å². The Labute approximate surface area is 111 Å². The maximum absolute atomic E-state index is 12.2. The molecule has 0 aromatic heterocycles. The summed E-state index contributed by atoms with van der Waals surface area (Å²) in [7, 11) is 0. The zero-order valence-corrected chi connectivity index (χ0v) is 11.4. The molecule has 2 rings (SSSR count). The molecule has 0 amide bonds. The SMILES string of the molecule is I.NC(=N[C@H]1C[C@@H]1C(F)F)NC1CCCC1. The van der Waals surface area contributed by atoms with Crippen molar-refractivity contribution < 1.29 is 8.78 Å². The van der Waals surface area contributed by atoms with Gasteiger partial charge in [0.15, 0.2) is 5.96 Å². The molecule has 0 aromatic carbocycles. The van der Waals surface area contributed by atoms with Crippen LogP contribution in [0.4, 0.5) is 8.78 Å². The lowest BCUT2D eigenvalue weighted by Crippen LogP contribution is -2.38. The van der Waals surface area contributed by atoms with Gasteiger partial charge in [0.25, 0.3) is 0 Å². The van der Waals surface area contributed by atoms with E-state index >= 15 is 0 Å². The van der Waals surface area contributed by atoms with E-state index in [2.05, 4.69) is 10.3 Å². The molecule has 2 aliphatic carbocycles. The number of nitrogens with zero attached hydrogens (tertiary/aromatic N) is 1. The number of hydrogen-bond donors (Lipinski definition) is 2. The van der Waals surface area contributed by atoms with E-state index in [0.717, 1.165) is 12.8 Å². The molecule has 6 heteroatoms. The third kappa shape index (κ3) is 3.71. The molecule has 3 nitrogen and oxygen atoms in total. The largest absolute Gasteiger partial charge is 0.370 e. The molecule has 0 aliphatic heterocycles. The first-order valence-corrected chi connectivity index (χ1v) is 5.55. The number of aliphatic imine (C=N–C) groups is 1. The van der Waals surface area contributed by atoms with E-state index < -0.39 is 12.3 Å². The van der Waals surface area contributed by atoms with Crippen molar-refractivity contribution >= 4 is 29.9 Å². The van der Waals surface area contributed by atoms with Gasteiger partial charge in [-0.2, -0.15) is 0 Å². The third-order valence-electron chi connectivity index (χ3n) is 3.14. The topological polar surface area (TPSA) is 50.4 Å². The number of nitrogens with two attached hydrogens (primary N) is 1. The molecule has 2 atom stereocenters. The molecule has 2 saturated carbocycles. The second-order valence-corrected chi connectivity index (χ2v) is 4.44. The predicted octanol–water partition coefficient (Wildman–Crippen LogP) is 2.10. The summed E-state index contributed by atoms with van der Waals surface area (Å²) in [4.78, 5) is 4.06. The van der Waals surface area contributed by atoms with Crippen molar-refractivity contribution in [2.45, 2.75) is 50.6 Å². The molecular weight excluding hydrogens is 327 g/mol. The summed E-state index contributed by atoms with van der Waals surface area (Å²) in [5, 5.41) is 3.09. The number of nitrogens with one attached hydrogen (secondary N) is 1. The first-order valence-electron chi connectivity index (χ1n) is 5.55. The van der Waals surface area contributed by atoms with Crippen LogP contribution >= 0.6 is 24.0 Å². The molecule has 0 unspecified atom stereocenters. The fourth-order valence-corrected chi connectivity index (χ4v) is 2.11. The molecule has 94 valence electrons. The second-order valence-electron chi connectivity index (χ2n) is 4.44. The van der Waals surface area contributed by atoms with Gasteiger partial charge in [-0.3, -0.25) is 0 Å². The van der Waals surface area contributed by atoms with Gasteiger partial charge in [-0.15, -0.1) is 24.0 Å². The van der Waals surface area contributed by atoms with E-state index in [4.69, 9.17) is 5.73 Å². The highest BCUT2D eigenvalue weighted by atomic mass is 127. The van der Waals surface area contributed by atoms with Gasteiger partial charge in [0.2, 0.25) is 6.43 Å². The van der Waals surface area contributed by atoms with Crippen LogP contribution in [0.3, 0.4) is 0 Å². The highest BCUT2D eigenvalue weighted by Crippen LogP contribution is 2.38. The fourth-order valence-electron chi connectivity index (χ4n) is 2.11. The van der Waals surface area contributed by atoms with Crippen molar-refractivity contribution in [1.82, 2.24) is 5.32 Å². The summed E-state index contributed by atoms with van der Waals surface area (Å²) >= 11 is 0. The number of rotatable bonds is 3. The lowest BCUT2D eigenvalue weighted by molar-refractivity contribution is 0.121. The summed E-state index contributed by atoms with van der Waals surface area (Å²) < 4.78 is 24.4. The molecule has 0 saturated heterocycles. The summed E-state index contributed by atoms with van der Waals surface area (Å²) in [6.45, 7) is 0. The monoisotopic (exact) mass is 345 g/mol. The van der Waals surface area contributed by atoms with Gasteiger partial charge in [0.05, 0.1) is 6.04 Å². The predicted molar refractivity (Wildman–Crippen MR) is 70.3 cm³/mol. The lowest BCUT2D eigenvalue weighted by Gasteiger charge is -2.12. The van der Waals surface area contributed by atoms with Crippen LogP contribution in [0.5, 0.6) is 0 Å². The summed E-state index contributed by atoms with van der Waals surface area (Å²) in [5.41, 5.74) is 5.65. The van der Waals surface area contributed by atoms with Crippen LogP contribution in [0.1, 0.15) is 32.1 Å². The molecule has 16 heavy (non-hydrogen) atoms. The van der Waals surface area contributed by atoms with Gasteiger partial charge >= 0.3 is 0 Å². The lowest BCUT2D eigenvalue weighted by atomic mass is 10.2. The highest BCUT2D eigenvalue weighted by Gasteiger charge is 2.44. The molecule has 0 spiro atoms. The number of alkyl halides is 2. The highest BCUT2D eigenvalue weighted by molar-refractivity contribution is 14.0. The molecule has 3 N–H and O–H groups in total. The summed E-state index contributed by atoms with van der Waals surface area (Å²) in [6.07, 6.45) is 2.88. The van der Waals surface area contributed by atoms with Gasteiger partial charge in [0.1, 0.15) is 0 Å². The molecule has 0 radical (unpaired) electrons. The van der Waals surface area contributed by atoms with E-state index in [1.54, 1.807) is 0 Å². The Morgan fingerprint density at radius 3 is 2.44 bits per heavy atom. The Balaban J connectivity index is 0.00000128. The maximum atomic E-state index is 12.2. The standard InChI is InChI=1S/C10H17F2N3.HI/c11-9(12)7-5-8(7)15-10(13)14-6-3-1-2-4-6;/h6-9H,1-5H2,(H3,13,14,15);1H/t7-,8-;/m0./s1. The number of hydrogen-bond acceptors (Lipinski definition) is 1. The van der Waals surface area contributed by atoms with Gasteiger partial charge < -0.3 is 11.1 Å². The van der Waals surface area contributed by atoms with Gasteiger partial charge in [-0.1, -0.05) is 12.8 Å². The summed E-state index contributed by atoms with van der Waals surface area (Å²) in [6, 6.07) is 0.149. The molecule has 2 fully saturated rings. The first-order chi connectivity index (χ1) is 7.16. The molecule has 0 heterocycles. The van der Waals surface area contributed by atoms with Crippen molar-refractivity contribution in [3.8, 4) is 0 Å². The van der Waals surface area contributed by atoms with E-state index in [-0.39, 0.29) is 30.0 Å². The minimum atomic E-state index is -2.25. The Morgan fingerprint density at radius 2 is 1.94 bits per heavy atom. The van der Waals surface area contributed by atoms with Crippen LogP contribution in [0.25, 0.3) is 0 Å². The smallest absolute Gasteiger partial charge is 0.243 e. The van der Waals surface area contributed by atoms with Crippen LogP contribution in [0.15, 0.2) is 4.99 Å². The molecule has 0 aromatic rings. The third-order valence-corrected chi connectivity index (χ3v) is 3.14. The van der Waals surface area contributed by atoms with Gasteiger partial charge in [-0.05, 0) is 19.3 Å². The quantitative estimate of drug-likeness (QED) is 0.468. The van der Waals surface area contributed by atoms with E-state index in [0.29, 0.717) is 18.4 Å². The van der Waals surface area contributed by atoms with Crippen molar-refractivity contribution in [3.05, 3.63) is 0 Å². The number of guanidine groups is 1. The normalized spacial score (nSPS) is 30.3. The van der Waals surface area contributed by atoms with Crippen molar-refractivity contribution in [3.63, 3.8) is 0 Å². The minimum Gasteiger partial charge on any atom is -0.370 e. The zero-order chi connectivity index (χ0) is 10.8. The fraction of sp³-hybridized carbons (Fsp3) is 0.900. The average Bonchev–Trinajstić information content (AvgIpc) is 2.73. The van der Waals surface area contributed by atoms with Gasteiger partial charge in [-0.25, -0.2) is 13.8 Å². The van der Waals surface area contributed by atoms with E-state index in [1.807, 2.05) is 0 Å². The van der Waals surface area contributed by atoms with Gasteiger partial charge in [0, 0.05) is 12.0 Å². The first kappa shape index (κ1) is 13.9. The number of halogens is 3. The Hall–Kier alpha value is -0.140. The van der Waals surface area contributed by atoms with Crippen LogP contribution in [0, 0.1) is 5.92 Å². The average molecular weight is 345 g/mol. The van der Waals surface area contributed by atoms with Crippen molar-refractivity contribution in [1.29, 1.82) is 0 Å². The Bertz CT molecular complexity index is 254. The van der Waals surface area contributed by atoms with Crippen LogP contribution in [0.2, 0.25) is 0 Å². The molecular formula is C10H18F2IN3. The Kier molecular flexibility index (Phi) is 5.20. The maximum Gasteiger partial charge on any atom is 0.243 e. The summed E-state index contributed by atoms with van der Waals surface area (Å²) in [5.74, 6) is -0.219. The van der Waals surface area contributed by atoms with Crippen LogP contribution in [-0.4, -0.2) is 24.5 Å². The van der Waals surface area contributed by atoms with Crippen LogP contribution < -0.4 is 11.1 Å². The molecule has 0 bridgehead atoms. The second kappa shape index (κ2) is 5.97. The van der Waals surface area contributed by atoms with Crippen molar-refractivity contribution in [2.24, 2.45) is 16.6 Å². The van der Waals surface area contributed by atoms with E-state index in [9.17, 15) is 8.78 Å². The van der Waals surface area contributed by atoms with E-state index in [1.165, 1.54) is 12.8 Å². The minimum absolute atomic E-state index is 0. The van der Waals surface area contributed by atoms with Crippen LogP contribution in [-0.2, 0) is 0 Å².